The van der Waals surface area contributed by atoms with Crippen LogP contribution in [0.15, 0.2) is 23.2 Å². The summed E-state index contributed by atoms with van der Waals surface area (Å²) in [4.78, 5) is 4.25. The molecule has 0 spiro atoms. The first kappa shape index (κ1) is 10.1. The maximum Gasteiger partial charge on any atom is 0.177 e. The Bertz CT molecular complexity index is 387. The molecule has 0 unspecified atom stereocenters. The molecule has 0 aromatic carbocycles. The molecule has 4 nitrogen and oxygen atoms in total. The minimum Gasteiger partial charge on any atom is -0.330 e. The van der Waals surface area contributed by atoms with Crippen molar-refractivity contribution in [2.45, 2.75) is 11.3 Å². The Hall–Kier alpha value is -0.940. The molecule has 0 aliphatic carbocycles. The minimum atomic E-state index is -3.17. The Kier molecular flexibility index (Phi) is 3.00. The zero-order valence-electron chi connectivity index (χ0n) is 7.40. The van der Waals surface area contributed by atoms with Gasteiger partial charge in [-0.1, -0.05) is 0 Å². The molecular weight excluding hydrogens is 188 g/mol. The van der Waals surface area contributed by atoms with Crippen LogP contribution in [0.4, 0.5) is 0 Å². The first-order chi connectivity index (χ1) is 6.05. The van der Waals surface area contributed by atoms with E-state index in [1.165, 1.54) is 6.26 Å². The second-order valence-corrected chi connectivity index (χ2v) is 4.74. The summed E-state index contributed by atoms with van der Waals surface area (Å²) in [5.74, 6) is 0. The van der Waals surface area contributed by atoms with Gasteiger partial charge in [-0.05, 0) is 18.7 Å². The second-order valence-electron chi connectivity index (χ2n) is 2.76. The van der Waals surface area contributed by atoms with Crippen molar-refractivity contribution in [1.29, 1.82) is 0 Å². The number of pyridine rings is 1. The summed E-state index contributed by atoms with van der Waals surface area (Å²) in [5.41, 5.74) is 5.89. The summed E-state index contributed by atoms with van der Waals surface area (Å²) in [7, 11) is -3.17. The molecule has 1 aromatic heterocycles. The highest BCUT2D eigenvalue weighted by atomic mass is 32.2. The van der Waals surface area contributed by atoms with Crippen LogP contribution >= 0.6 is 0 Å². The maximum absolute atomic E-state index is 11.2. The molecule has 0 bridgehead atoms. The van der Waals surface area contributed by atoms with Crippen LogP contribution in [0.2, 0.25) is 0 Å². The lowest BCUT2D eigenvalue weighted by atomic mass is 10.3. The lowest BCUT2D eigenvalue weighted by Crippen LogP contribution is -2.09. The van der Waals surface area contributed by atoms with E-state index in [1.54, 1.807) is 18.3 Å². The number of sulfone groups is 1. The molecule has 0 saturated heterocycles. The lowest BCUT2D eigenvalue weighted by molar-refractivity contribution is 0.600. The maximum atomic E-state index is 11.2. The van der Waals surface area contributed by atoms with Gasteiger partial charge in [0.15, 0.2) is 9.84 Å². The number of hydrogen-bond donors (Lipinski definition) is 1. The van der Waals surface area contributed by atoms with Crippen molar-refractivity contribution in [3.63, 3.8) is 0 Å². The van der Waals surface area contributed by atoms with Gasteiger partial charge in [-0.3, -0.25) is 4.98 Å². The van der Waals surface area contributed by atoms with E-state index >= 15 is 0 Å². The molecule has 1 rings (SSSR count). The Labute approximate surface area is 77.7 Å². The van der Waals surface area contributed by atoms with Crippen LogP contribution in [-0.2, 0) is 16.3 Å². The first-order valence-electron chi connectivity index (χ1n) is 3.89. The van der Waals surface area contributed by atoms with E-state index in [0.717, 1.165) is 0 Å². The van der Waals surface area contributed by atoms with Gasteiger partial charge >= 0.3 is 0 Å². The van der Waals surface area contributed by atoms with Gasteiger partial charge in [-0.2, -0.15) is 0 Å². The summed E-state index contributed by atoms with van der Waals surface area (Å²) in [6.45, 7) is 0.402. The molecule has 5 heteroatoms. The van der Waals surface area contributed by atoms with E-state index in [4.69, 9.17) is 5.73 Å². The summed E-state index contributed by atoms with van der Waals surface area (Å²) in [6.07, 6.45) is 3.23. The van der Waals surface area contributed by atoms with Crippen molar-refractivity contribution < 1.29 is 8.42 Å². The van der Waals surface area contributed by atoms with E-state index in [1.807, 2.05) is 0 Å². The average molecular weight is 200 g/mol. The number of nitrogens with two attached hydrogens (primary N) is 1. The Morgan fingerprint density at radius 2 is 2.23 bits per heavy atom. The number of aromatic nitrogens is 1. The molecule has 0 radical (unpaired) electrons. The van der Waals surface area contributed by atoms with Crippen molar-refractivity contribution in [3.8, 4) is 0 Å². The van der Waals surface area contributed by atoms with Crippen LogP contribution in [0.3, 0.4) is 0 Å². The van der Waals surface area contributed by atoms with Gasteiger partial charge in [-0.15, -0.1) is 0 Å². The van der Waals surface area contributed by atoms with Gasteiger partial charge in [0.25, 0.3) is 0 Å². The highest BCUT2D eigenvalue weighted by Gasteiger charge is 2.12. The van der Waals surface area contributed by atoms with E-state index in [0.29, 0.717) is 18.7 Å². The largest absolute Gasteiger partial charge is 0.330 e. The summed E-state index contributed by atoms with van der Waals surface area (Å²) in [5, 5.41) is 0. The highest BCUT2D eigenvalue weighted by Crippen LogP contribution is 2.12. The number of hydrogen-bond acceptors (Lipinski definition) is 4. The van der Waals surface area contributed by atoms with Crippen molar-refractivity contribution >= 4 is 9.84 Å². The van der Waals surface area contributed by atoms with Crippen LogP contribution in [0.1, 0.15) is 5.69 Å². The summed E-state index contributed by atoms with van der Waals surface area (Å²) in [6, 6.07) is 3.16. The number of nitrogens with zero attached hydrogens (tertiary/aromatic N) is 1. The molecule has 1 heterocycles. The van der Waals surface area contributed by atoms with Crippen LogP contribution in [0, 0.1) is 0 Å². The molecule has 0 saturated carbocycles. The lowest BCUT2D eigenvalue weighted by Gasteiger charge is -2.04. The van der Waals surface area contributed by atoms with Crippen molar-refractivity contribution in [3.05, 3.63) is 24.0 Å². The third kappa shape index (κ3) is 2.50. The van der Waals surface area contributed by atoms with Crippen molar-refractivity contribution in [2.24, 2.45) is 5.73 Å². The van der Waals surface area contributed by atoms with Crippen LogP contribution in [0.25, 0.3) is 0 Å². The van der Waals surface area contributed by atoms with Crippen LogP contribution in [0.5, 0.6) is 0 Å². The van der Waals surface area contributed by atoms with E-state index in [-0.39, 0.29) is 4.90 Å². The number of rotatable bonds is 3. The van der Waals surface area contributed by atoms with Crippen molar-refractivity contribution in [1.82, 2.24) is 4.98 Å². The standard InChI is InChI=1S/C8H12N2O2S/c1-13(11,12)8-3-2-6-10-7(8)4-5-9/h2-3,6H,4-5,9H2,1H3. The minimum absolute atomic E-state index is 0.278. The van der Waals surface area contributed by atoms with Gasteiger partial charge in [0.1, 0.15) is 0 Å². The van der Waals surface area contributed by atoms with Crippen LogP contribution in [-0.4, -0.2) is 26.2 Å². The Balaban J connectivity index is 3.20. The molecule has 0 fully saturated rings. The monoisotopic (exact) mass is 200 g/mol. The predicted octanol–water partition coefficient (Wildman–Crippen LogP) is -0.0137. The van der Waals surface area contributed by atoms with E-state index in [2.05, 4.69) is 4.98 Å². The Morgan fingerprint density at radius 1 is 1.54 bits per heavy atom. The molecule has 2 N–H and O–H groups in total. The fourth-order valence-electron chi connectivity index (χ4n) is 1.09. The quantitative estimate of drug-likeness (QED) is 0.744. The Morgan fingerprint density at radius 3 is 2.77 bits per heavy atom. The predicted molar refractivity (Wildman–Crippen MR) is 50.1 cm³/mol. The van der Waals surface area contributed by atoms with Gasteiger partial charge in [0, 0.05) is 18.9 Å². The molecule has 0 amide bonds. The second kappa shape index (κ2) is 3.85. The molecule has 1 aromatic rings. The molecular formula is C8H12N2O2S. The smallest absolute Gasteiger partial charge is 0.177 e. The van der Waals surface area contributed by atoms with Crippen LogP contribution < -0.4 is 5.73 Å². The SMILES string of the molecule is CS(=O)(=O)c1cccnc1CCN. The third-order valence-corrected chi connectivity index (χ3v) is 2.80. The van der Waals surface area contributed by atoms with E-state index in [9.17, 15) is 8.42 Å². The van der Waals surface area contributed by atoms with Gasteiger partial charge in [0.05, 0.1) is 10.6 Å². The molecule has 0 aliphatic rings. The van der Waals surface area contributed by atoms with Gasteiger partial charge in [0.2, 0.25) is 0 Å². The third-order valence-electron chi connectivity index (χ3n) is 1.63. The highest BCUT2D eigenvalue weighted by molar-refractivity contribution is 7.90. The zero-order chi connectivity index (χ0) is 9.90. The fourth-order valence-corrected chi connectivity index (χ4v) is 1.99. The van der Waals surface area contributed by atoms with Crippen molar-refractivity contribution in [2.75, 3.05) is 12.8 Å². The topological polar surface area (TPSA) is 73.0 Å². The normalized spacial score (nSPS) is 11.5. The van der Waals surface area contributed by atoms with Gasteiger partial charge < -0.3 is 5.73 Å². The molecule has 0 aliphatic heterocycles. The summed E-state index contributed by atoms with van der Waals surface area (Å²) >= 11 is 0. The average Bonchev–Trinajstić information content (AvgIpc) is 2.04. The first-order valence-corrected chi connectivity index (χ1v) is 5.79. The zero-order valence-corrected chi connectivity index (χ0v) is 8.21. The summed E-state index contributed by atoms with van der Waals surface area (Å²) < 4.78 is 22.5. The fraction of sp³-hybridized carbons (Fsp3) is 0.375. The van der Waals surface area contributed by atoms with Gasteiger partial charge in [-0.25, -0.2) is 8.42 Å². The molecule has 0 atom stereocenters. The molecule has 13 heavy (non-hydrogen) atoms. The molecule has 72 valence electrons. The van der Waals surface area contributed by atoms with E-state index < -0.39 is 9.84 Å².